The number of carbonyl (C=O) groups excluding carboxylic acids is 3. The van der Waals surface area contributed by atoms with Crippen LogP contribution < -0.4 is 20.9 Å². The number of amides is 4. The van der Waals surface area contributed by atoms with Gasteiger partial charge in [-0.1, -0.05) is 29.8 Å². The highest BCUT2D eigenvalue weighted by Crippen LogP contribution is 2.29. The van der Waals surface area contributed by atoms with E-state index in [1.165, 1.54) is 0 Å². The number of aryl methyl sites for hydroxylation is 1. The van der Waals surface area contributed by atoms with Crippen molar-refractivity contribution in [2.24, 2.45) is 0 Å². The molecular formula is C31H36N6O5. The van der Waals surface area contributed by atoms with E-state index < -0.39 is 23.9 Å². The van der Waals surface area contributed by atoms with Gasteiger partial charge in [-0.25, -0.2) is 4.79 Å². The van der Waals surface area contributed by atoms with E-state index >= 15 is 0 Å². The summed E-state index contributed by atoms with van der Waals surface area (Å²) >= 11 is 0. The van der Waals surface area contributed by atoms with Gasteiger partial charge in [0.05, 0.1) is 29.4 Å². The van der Waals surface area contributed by atoms with Crippen molar-refractivity contribution in [1.29, 1.82) is 0 Å². The third-order valence-corrected chi connectivity index (χ3v) is 7.04. The number of carboxylic acid groups (broad SMARTS) is 1. The van der Waals surface area contributed by atoms with Crippen LogP contribution in [0.5, 0.6) is 0 Å². The zero-order chi connectivity index (χ0) is 30.1. The maximum absolute atomic E-state index is 13.3. The quantitative estimate of drug-likeness (QED) is 0.305. The molecule has 1 aromatic heterocycles. The van der Waals surface area contributed by atoms with E-state index in [4.69, 9.17) is 0 Å². The summed E-state index contributed by atoms with van der Waals surface area (Å²) in [7, 11) is 0. The van der Waals surface area contributed by atoms with Crippen LogP contribution in [0.3, 0.4) is 0 Å². The van der Waals surface area contributed by atoms with Crippen LogP contribution in [0, 0.1) is 6.92 Å². The lowest BCUT2D eigenvalue weighted by atomic mass is 10.0. The first-order valence-corrected chi connectivity index (χ1v) is 14.0. The van der Waals surface area contributed by atoms with Gasteiger partial charge in [0.25, 0.3) is 11.8 Å². The Morgan fingerprint density at radius 2 is 1.76 bits per heavy atom. The fourth-order valence-corrected chi connectivity index (χ4v) is 4.88. The van der Waals surface area contributed by atoms with Crippen LogP contribution in [0.1, 0.15) is 57.7 Å². The lowest BCUT2D eigenvalue weighted by molar-refractivity contribution is -0.137. The van der Waals surface area contributed by atoms with Crippen molar-refractivity contribution in [3.05, 3.63) is 89.2 Å². The Morgan fingerprint density at radius 1 is 0.976 bits per heavy atom. The molecule has 42 heavy (non-hydrogen) atoms. The Morgan fingerprint density at radius 3 is 2.45 bits per heavy atom. The van der Waals surface area contributed by atoms with Crippen molar-refractivity contribution in [2.45, 2.75) is 32.7 Å². The minimum absolute atomic E-state index is 0.0814. The van der Waals surface area contributed by atoms with E-state index in [-0.39, 0.29) is 17.9 Å². The Balaban J connectivity index is 1.56. The van der Waals surface area contributed by atoms with Gasteiger partial charge in [-0.3, -0.25) is 19.4 Å². The average Bonchev–Trinajstić information content (AvgIpc) is 3.23. The number of benzene rings is 2. The number of carboxylic acids is 1. The van der Waals surface area contributed by atoms with Crippen LogP contribution in [-0.4, -0.2) is 71.5 Å². The van der Waals surface area contributed by atoms with E-state index in [1.807, 2.05) is 19.1 Å². The predicted molar refractivity (Wildman–Crippen MR) is 160 cm³/mol. The van der Waals surface area contributed by atoms with Gasteiger partial charge in [-0.15, -0.1) is 0 Å². The molecule has 220 valence electrons. The second kappa shape index (κ2) is 14.1. The molecule has 0 radical (unpaired) electrons. The molecular weight excluding hydrogens is 536 g/mol. The van der Waals surface area contributed by atoms with E-state index in [9.17, 15) is 24.3 Å². The number of pyridine rings is 1. The molecule has 11 heteroatoms. The summed E-state index contributed by atoms with van der Waals surface area (Å²) in [4.78, 5) is 58.4. The number of nitrogens with one attached hydrogen (secondary N) is 3. The molecule has 1 unspecified atom stereocenters. The van der Waals surface area contributed by atoms with Crippen molar-refractivity contribution < 1.29 is 24.3 Å². The third kappa shape index (κ3) is 7.84. The number of hydrogen-bond donors (Lipinski definition) is 4. The SMILES string of the molecule is CCNC(=O)Nc1cc(C(=O)NC(CC(=O)O)c2ccc(C)cc2)ccc1N1CCCN(C(=O)c2cccnc2)CC1. The van der Waals surface area contributed by atoms with Crippen LogP contribution >= 0.6 is 0 Å². The molecule has 2 heterocycles. The van der Waals surface area contributed by atoms with Crippen LogP contribution in [0.15, 0.2) is 67.0 Å². The van der Waals surface area contributed by atoms with Gasteiger partial charge in [0.1, 0.15) is 0 Å². The minimum atomic E-state index is -1.04. The summed E-state index contributed by atoms with van der Waals surface area (Å²) in [5.41, 5.74) is 3.67. The summed E-state index contributed by atoms with van der Waals surface area (Å²) in [5.74, 6) is -1.58. The molecule has 0 spiro atoms. The predicted octanol–water partition coefficient (Wildman–Crippen LogP) is 3.83. The summed E-state index contributed by atoms with van der Waals surface area (Å²) < 4.78 is 0. The molecule has 1 fully saturated rings. The van der Waals surface area contributed by atoms with Crippen molar-refractivity contribution in [2.75, 3.05) is 42.9 Å². The summed E-state index contributed by atoms with van der Waals surface area (Å²) in [5, 5.41) is 17.9. The second-order valence-electron chi connectivity index (χ2n) is 10.1. The number of aliphatic carboxylic acids is 1. The number of urea groups is 1. The average molecular weight is 573 g/mol. The molecule has 4 N–H and O–H groups in total. The van der Waals surface area contributed by atoms with Gasteiger partial charge in [-0.2, -0.15) is 0 Å². The molecule has 3 aromatic rings. The van der Waals surface area contributed by atoms with E-state index in [1.54, 1.807) is 66.7 Å². The number of carbonyl (C=O) groups is 4. The lowest BCUT2D eigenvalue weighted by Crippen LogP contribution is -2.36. The van der Waals surface area contributed by atoms with E-state index in [2.05, 4.69) is 25.8 Å². The number of nitrogens with zero attached hydrogens (tertiary/aromatic N) is 3. The first-order chi connectivity index (χ1) is 20.2. The molecule has 0 saturated carbocycles. The van der Waals surface area contributed by atoms with Gasteiger partial charge in [0, 0.05) is 50.7 Å². The highest BCUT2D eigenvalue weighted by molar-refractivity contribution is 6.00. The van der Waals surface area contributed by atoms with E-state index in [0.29, 0.717) is 61.6 Å². The largest absolute Gasteiger partial charge is 0.481 e. The molecule has 11 nitrogen and oxygen atoms in total. The maximum atomic E-state index is 13.3. The second-order valence-corrected chi connectivity index (χ2v) is 10.1. The zero-order valence-corrected chi connectivity index (χ0v) is 23.8. The molecule has 4 rings (SSSR count). The highest BCUT2D eigenvalue weighted by Gasteiger charge is 2.24. The number of aromatic nitrogens is 1. The van der Waals surface area contributed by atoms with Crippen molar-refractivity contribution in [3.63, 3.8) is 0 Å². The summed E-state index contributed by atoms with van der Waals surface area (Å²) in [6.07, 6.45) is 3.62. The molecule has 1 aliphatic heterocycles. The first-order valence-electron chi connectivity index (χ1n) is 14.0. The van der Waals surface area contributed by atoms with Crippen molar-refractivity contribution in [1.82, 2.24) is 20.5 Å². The van der Waals surface area contributed by atoms with Crippen LogP contribution in [0.4, 0.5) is 16.2 Å². The fraction of sp³-hybridized carbons (Fsp3) is 0.323. The van der Waals surface area contributed by atoms with Crippen molar-refractivity contribution >= 4 is 35.2 Å². The summed E-state index contributed by atoms with van der Waals surface area (Å²) in [6, 6.07) is 14.7. The number of hydrogen-bond acceptors (Lipinski definition) is 6. The Hall–Kier alpha value is -4.93. The summed E-state index contributed by atoms with van der Waals surface area (Å²) in [6.45, 7) is 6.37. The smallest absolute Gasteiger partial charge is 0.319 e. The van der Waals surface area contributed by atoms with E-state index in [0.717, 1.165) is 5.56 Å². The van der Waals surface area contributed by atoms with Gasteiger partial charge >= 0.3 is 12.0 Å². The molecule has 0 aliphatic carbocycles. The Kier molecular flexibility index (Phi) is 10.1. The standard InChI is InChI=1S/C31H36N6O5/c1-3-33-31(42)35-26-18-23(29(40)34-25(19-28(38)39)22-9-7-21(2)8-10-22)11-12-27(26)36-14-5-15-37(17-16-36)30(41)24-6-4-13-32-20-24/h4,6-13,18,20,25H,3,5,14-17,19H2,1-2H3,(H,34,40)(H,38,39)(H2,33,35,42). The third-order valence-electron chi connectivity index (χ3n) is 7.04. The van der Waals surface area contributed by atoms with Crippen LogP contribution in [-0.2, 0) is 4.79 Å². The topological polar surface area (TPSA) is 144 Å². The lowest BCUT2D eigenvalue weighted by Gasteiger charge is -2.27. The molecule has 1 saturated heterocycles. The Labute approximate surface area is 244 Å². The number of rotatable bonds is 9. The maximum Gasteiger partial charge on any atom is 0.319 e. The fourth-order valence-electron chi connectivity index (χ4n) is 4.88. The normalized spacial score (nSPS) is 14.0. The highest BCUT2D eigenvalue weighted by atomic mass is 16.4. The van der Waals surface area contributed by atoms with Gasteiger partial charge in [0.2, 0.25) is 0 Å². The minimum Gasteiger partial charge on any atom is -0.481 e. The molecule has 1 atom stereocenters. The van der Waals surface area contributed by atoms with Crippen LogP contribution in [0.2, 0.25) is 0 Å². The molecule has 0 bridgehead atoms. The van der Waals surface area contributed by atoms with Crippen molar-refractivity contribution in [3.8, 4) is 0 Å². The van der Waals surface area contributed by atoms with Crippen LogP contribution in [0.25, 0.3) is 0 Å². The monoisotopic (exact) mass is 572 g/mol. The number of anilines is 2. The zero-order valence-electron chi connectivity index (χ0n) is 23.8. The van der Waals surface area contributed by atoms with Gasteiger partial charge < -0.3 is 30.9 Å². The molecule has 2 aromatic carbocycles. The van der Waals surface area contributed by atoms with Gasteiger partial charge in [0.15, 0.2) is 0 Å². The molecule has 1 aliphatic rings. The molecule has 4 amide bonds. The van der Waals surface area contributed by atoms with Gasteiger partial charge in [-0.05, 0) is 56.2 Å². The first kappa shape index (κ1) is 30.0. The Bertz CT molecular complexity index is 1410.